The van der Waals surface area contributed by atoms with Crippen molar-refractivity contribution >= 4 is 17.3 Å². The van der Waals surface area contributed by atoms with E-state index in [-0.39, 0.29) is 23.3 Å². The van der Waals surface area contributed by atoms with Crippen LogP contribution in [-0.2, 0) is 10.2 Å². The van der Waals surface area contributed by atoms with E-state index in [2.05, 4.69) is 32.9 Å². The van der Waals surface area contributed by atoms with E-state index < -0.39 is 5.97 Å². The Morgan fingerprint density at radius 2 is 1.89 bits per heavy atom. The average molecular weight is 283 g/mol. The summed E-state index contributed by atoms with van der Waals surface area (Å²) in [6, 6.07) is 4.12. The van der Waals surface area contributed by atoms with Crippen molar-refractivity contribution in [2.45, 2.75) is 58.9 Å². The van der Waals surface area contributed by atoms with Crippen molar-refractivity contribution < 1.29 is 9.90 Å². The summed E-state index contributed by atoms with van der Waals surface area (Å²) in [5.74, 6) is -0.765. The van der Waals surface area contributed by atoms with Crippen LogP contribution >= 0.6 is 11.3 Å². The Bertz CT molecular complexity index is 443. The van der Waals surface area contributed by atoms with E-state index in [9.17, 15) is 4.79 Å². The Labute approximate surface area is 119 Å². The van der Waals surface area contributed by atoms with Gasteiger partial charge >= 0.3 is 5.97 Å². The van der Waals surface area contributed by atoms with Crippen molar-refractivity contribution in [1.29, 1.82) is 0 Å². The Morgan fingerprint density at radius 3 is 2.32 bits per heavy atom. The highest BCUT2D eigenvalue weighted by atomic mass is 32.1. The lowest BCUT2D eigenvalue weighted by molar-refractivity contribution is -0.139. The molecular weight excluding hydrogens is 258 g/mol. The van der Waals surface area contributed by atoms with Gasteiger partial charge in [-0.1, -0.05) is 34.6 Å². The van der Waals surface area contributed by atoms with Gasteiger partial charge in [0, 0.05) is 15.8 Å². The van der Waals surface area contributed by atoms with E-state index in [0.717, 1.165) is 4.88 Å². The fourth-order valence-electron chi connectivity index (χ4n) is 2.13. The van der Waals surface area contributed by atoms with Gasteiger partial charge in [0.2, 0.25) is 0 Å². The van der Waals surface area contributed by atoms with Crippen LogP contribution in [-0.4, -0.2) is 11.1 Å². The van der Waals surface area contributed by atoms with Crippen molar-refractivity contribution in [2.24, 2.45) is 11.1 Å². The SMILES string of the molecule is CC(C)(CC(=O)O)CC(N)c1ccc(C(C)(C)C)s1. The number of hydrogen-bond acceptors (Lipinski definition) is 3. The monoisotopic (exact) mass is 283 g/mol. The summed E-state index contributed by atoms with van der Waals surface area (Å²) in [6.45, 7) is 10.5. The normalized spacial score (nSPS) is 14.4. The van der Waals surface area contributed by atoms with E-state index >= 15 is 0 Å². The lowest BCUT2D eigenvalue weighted by atomic mass is 9.82. The summed E-state index contributed by atoms with van der Waals surface area (Å²) < 4.78 is 0. The summed E-state index contributed by atoms with van der Waals surface area (Å²) in [5, 5.41) is 8.91. The first-order valence-electron chi connectivity index (χ1n) is 6.59. The van der Waals surface area contributed by atoms with Crippen LogP contribution in [0.1, 0.15) is 63.3 Å². The predicted molar refractivity (Wildman–Crippen MR) is 80.6 cm³/mol. The van der Waals surface area contributed by atoms with E-state index in [1.807, 2.05) is 13.8 Å². The number of thiophene rings is 1. The zero-order chi connectivity index (χ0) is 14.8. The van der Waals surface area contributed by atoms with E-state index in [1.165, 1.54) is 4.88 Å². The van der Waals surface area contributed by atoms with Gasteiger partial charge in [0.25, 0.3) is 0 Å². The van der Waals surface area contributed by atoms with Gasteiger partial charge in [0.15, 0.2) is 0 Å². The molecule has 0 aromatic carbocycles. The molecular formula is C15H25NO2S. The van der Waals surface area contributed by atoms with Crippen LogP contribution in [0.3, 0.4) is 0 Å². The fourth-order valence-corrected chi connectivity index (χ4v) is 3.20. The number of nitrogens with two attached hydrogens (primary N) is 1. The molecule has 1 aromatic heterocycles. The molecule has 0 aliphatic carbocycles. The third kappa shape index (κ3) is 4.96. The minimum Gasteiger partial charge on any atom is -0.481 e. The number of carboxylic acid groups (broad SMARTS) is 1. The van der Waals surface area contributed by atoms with Gasteiger partial charge in [0.1, 0.15) is 0 Å². The molecule has 0 fully saturated rings. The summed E-state index contributed by atoms with van der Waals surface area (Å²) in [5.41, 5.74) is 6.09. The number of aliphatic carboxylic acids is 1. The molecule has 0 aliphatic rings. The molecule has 0 saturated heterocycles. The van der Waals surface area contributed by atoms with Gasteiger partial charge in [-0.15, -0.1) is 11.3 Å². The zero-order valence-electron chi connectivity index (χ0n) is 12.5. The number of hydrogen-bond donors (Lipinski definition) is 2. The molecule has 108 valence electrons. The minimum absolute atomic E-state index is 0.0875. The number of rotatable bonds is 5. The average Bonchev–Trinajstić information content (AvgIpc) is 2.61. The van der Waals surface area contributed by atoms with Crippen LogP contribution in [0.15, 0.2) is 12.1 Å². The van der Waals surface area contributed by atoms with Gasteiger partial charge in [-0.25, -0.2) is 0 Å². The van der Waals surface area contributed by atoms with Gasteiger partial charge in [-0.05, 0) is 29.4 Å². The first-order chi connectivity index (χ1) is 8.51. The maximum Gasteiger partial charge on any atom is 0.303 e. The smallest absolute Gasteiger partial charge is 0.303 e. The molecule has 19 heavy (non-hydrogen) atoms. The quantitative estimate of drug-likeness (QED) is 0.860. The third-order valence-corrected chi connectivity index (χ3v) is 4.78. The molecule has 1 rings (SSSR count). The molecule has 1 unspecified atom stereocenters. The highest BCUT2D eigenvalue weighted by Gasteiger charge is 2.26. The summed E-state index contributed by atoms with van der Waals surface area (Å²) in [6.07, 6.45) is 0.835. The van der Waals surface area contributed by atoms with Crippen LogP contribution in [0.4, 0.5) is 0 Å². The zero-order valence-corrected chi connectivity index (χ0v) is 13.3. The van der Waals surface area contributed by atoms with Gasteiger partial charge in [-0.3, -0.25) is 4.79 Å². The molecule has 1 atom stereocenters. The van der Waals surface area contributed by atoms with Crippen molar-refractivity contribution in [1.82, 2.24) is 0 Å². The Morgan fingerprint density at radius 1 is 1.32 bits per heavy atom. The topological polar surface area (TPSA) is 63.3 Å². The van der Waals surface area contributed by atoms with Crippen molar-refractivity contribution in [2.75, 3.05) is 0 Å². The molecule has 0 amide bonds. The van der Waals surface area contributed by atoms with Crippen LogP contribution < -0.4 is 5.73 Å². The fraction of sp³-hybridized carbons (Fsp3) is 0.667. The van der Waals surface area contributed by atoms with Crippen LogP contribution in [0.2, 0.25) is 0 Å². The lowest BCUT2D eigenvalue weighted by Crippen LogP contribution is -2.23. The molecule has 0 saturated carbocycles. The summed E-state index contributed by atoms with van der Waals surface area (Å²) in [4.78, 5) is 13.3. The molecule has 1 aromatic rings. The molecule has 0 spiro atoms. The molecule has 0 radical (unpaired) electrons. The number of carbonyl (C=O) groups is 1. The van der Waals surface area contributed by atoms with Crippen molar-refractivity contribution in [3.05, 3.63) is 21.9 Å². The standard InChI is InChI=1S/C15H25NO2S/c1-14(2,3)12-7-6-11(19-12)10(16)8-15(4,5)9-13(17)18/h6-7,10H,8-9,16H2,1-5H3,(H,17,18). The Hall–Kier alpha value is -0.870. The van der Waals surface area contributed by atoms with Crippen LogP contribution in [0, 0.1) is 5.41 Å². The molecule has 0 bridgehead atoms. The molecule has 4 heteroatoms. The lowest BCUT2D eigenvalue weighted by Gasteiger charge is -2.25. The largest absolute Gasteiger partial charge is 0.481 e. The van der Waals surface area contributed by atoms with E-state index in [4.69, 9.17) is 10.8 Å². The molecule has 3 nitrogen and oxygen atoms in total. The van der Waals surface area contributed by atoms with Crippen LogP contribution in [0.25, 0.3) is 0 Å². The van der Waals surface area contributed by atoms with Crippen molar-refractivity contribution in [3.63, 3.8) is 0 Å². The van der Waals surface area contributed by atoms with Gasteiger partial charge < -0.3 is 10.8 Å². The molecule has 1 heterocycles. The highest BCUT2D eigenvalue weighted by Crippen LogP contribution is 2.37. The highest BCUT2D eigenvalue weighted by molar-refractivity contribution is 7.12. The van der Waals surface area contributed by atoms with Crippen molar-refractivity contribution in [3.8, 4) is 0 Å². The first-order valence-corrected chi connectivity index (χ1v) is 7.40. The first kappa shape index (κ1) is 16.2. The molecule has 0 aliphatic heterocycles. The van der Waals surface area contributed by atoms with Gasteiger partial charge in [-0.2, -0.15) is 0 Å². The maximum absolute atomic E-state index is 10.8. The van der Waals surface area contributed by atoms with E-state index in [0.29, 0.717) is 6.42 Å². The summed E-state index contributed by atoms with van der Waals surface area (Å²) >= 11 is 1.74. The minimum atomic E-state index is -0.765. The summed E-state index contributed by atoms with van der Waals surface area (Å²) in [7, 11) is 0. The predicted octanol–water partition coefficient (Wildman–Crippen LogP) is 3.94. The number of carboxylic acids is 1. The van der Waals surface area contributed by atoms with Crippen LogP contribution in [0.5, 0.6) is 0 Å². The van der Waals surface area contributed by atoms with E-state index in [1.54, 1.807) is 11.3 Å². The second-order valence-electron chi connectivity index (χ2n) is 7.00. The second-order valence-corrected chi connectivity index (χ2v) is 8.11. The Kier molecular flexibility index (Phi) is 4.80. The maximum atomic E-state index is 10.8. The second kappa shape index (κ2) is 5.63. The van der Waals surface area contributed by atoms with Gasteiger partial charge in [0.05, 0.1) is 6.42 Å². The third-order valence-electron chi connectivity index (χ3n) is 3.13. The molecule has 3 N–H and O–H groups in total. The Balaban J connectivity index is 2.76.